The van der Waals surface area contributed by atoms with Crippen LogP contribution in [0.25, 0.3) is 0 Å². The van der Waals surface area contributed by atoms with Gasteiger partial charge >= 0.3 is 12.1 Å². The van der Waals surface area contributed by atoms with E-state index in [4.69, 9.17) is 0 Å². The fourth-order valence-corrected chi connectivity index (χ4v) is 1.36. The summed E-state index contributed by atoms with van der Waals surface area (Å²) in [7, 11) is 1.04. The third kappa shape index (κ3) is 3.08. The first-order valence-corrected chi connectivity index (χ1v) is 4.62. The summed E-state index contributed by atoms with van der Waals surface area (Å²) in [6.07, 6.45) is -5.39. The van der Waals surface area contributed by atoms with Gasteiger partial charge in [-0.3, -0.25) is 9.59 Å². The minimum Gasteiger partial charge on any atom is -0.469 e. The summed E-state index contributed by atoms with van der Waals surface area (Å²) in [5.74, 6) is -0.898. The molecule has 0 unspecified atom stereocenters. The third-order valence-corrected chi connectivity index (χ3v) is 2.12. The highest BCUT2D eigenvalue weighted by Gasteiger charge is 2.35. The molecule has 4 nitrogen and oxygen atoms in total. The number of carbonyl (C=O) groups excluding carboxylic acids is 1. The summed E-state index contributed by atoms with van der Waals surface area (Å²) >= 11 is 0. The second kappa shape index (κ2) is 4.60. The molecule has 1 rings (SSSR count). The number of pyridine rings is 1. The van der Waals surface area contributed by atoms with Crippen molar-refractivity contribution in [2.75, 3.05) is 7.11 Å². The van der Waals surface area contributed by atoms with Crippen LogP contribution in [0.1, 0.15) is 16.8 Å². The van der Waals surface area contributed by atoms with Crippen LogP contribution in [0.4, 0.5) is 13.2 Å². The number of hydrogen-bond acceptors (Lipinski definition) is 3. The average Bonchev–Trinajstić information content (AvgIpc) is 2.19. The van der Waals surface area contributed by atoms with Crippen LogP contribution in [-0.2, 0) is 22.1 Å². The number of hydrogen-bond donors (Lipinski definition) is 1. The molecule has 0 radical (unpaired) electrons. The number of halogens is 3. The molecular formula is C10H10F3NO3. The van der Waals surface area contributed by atoms with Gasteiger partial charge in [0.1, 0.15) is 0 Å². The van der Waals surface area contributed by atoms with Crippen LogP contribution in [0.5, 0.6) is 0 Å². The number of carbonyl (C=O) groups is 1. The van der Waals surface area contributed by atoms with Crippen LogP contribution in [0.15, 0.2) is 10.9 Å². The maximum absolute atomic E-state index is 12.7. The SMILES string of the molecule is COC(=O)Cc1c(C(F)(F)F)cc(C)[nH]c1=O. The molecule has 7 heteroatoms. The molecule has 94 valence electrons. The number of methoxy groups -OCH3 is 1. The van der Waals surface area contributed by atoms with Crippen LogP contribution in [0.2, 0.25) is 0 Å². The lowest BCUT2D eigenvalue weighted by Gasteiger charge is -2.12. The first kappa shape index (κ1) is 13.3. The summed E-state index contributed by atoms with van der Waals surface area (Å²) in [6, 6.07) is 0.791. The molecule has 0 spiro atoms. The number of nitrogens with one attached hydrogen (secondary N) is 1. The van der Waals surface area contributed by atoms with Crippen LogP contribution in [0, 0.1) is 6.92 Å². The van der Waals surface area contributed by atoms with Crippen molar-refractivity contribution in [2.45, 2.75) is 19.5 Å². The van der Waals surface area contributed by atoms with Gasteiger partial charge in [-0.25, -0.2) is 0 Å². The maximum atomic E-state index is 12.7. The number of ether oxygens (including phenoxy) is 1. The Kier molecular flexibility index (Phi) is 3.59. The van der Waals surface area contributed by atoms with E-state index in [1.54, 1.807) is 0 Å². The van der Waals surface area contributed by atoms with E-state index < -0.39 is 35.3 Å². The second-order valence-electron chi connectivity index (χ2n) is 3.42. The zero-order valence-corrected chi connectivity index (χ0v) is 9.14. The highest BCUT2D eigenvalue weighted by atomic mass is 19.4. The molecule has 0 saturated heterocycles. The lowest BCUT2D eigenvalue weighted by molar-refractivity contribution is -0.141. The molecule has 1 N–H and O–H groups in total. The van der Waals surface area contributed by atoms with Gasteiger partial charge < -0.3 is 9.72 Å². The van der Waals surface area contributed by atoms with E-state index in [1.807, 2.05) is 0 Å². The third-order valence-electron chi connectivity index (χ3n) is 2.12. The van der Waals surface area contributed by atoms with E-state index in [9.17, 15) is 22.8 Å². The Balaban J connectivity index is 3.36. The Morgan fingerprint density at radius 3 is 2.53 bits per heavy atom. The van der Waals surface area contributed by atoms with E-state index in [2.05, 4.69) is 9.72 Å². The summed E-state index contributed by atoms with van der Waals surface area (Å²) in [4.78, 5) is 24.6. The van der Waals surface area contributed by atoms with Gasteiger partial charge in [0.25, 0.3) is 5.56 Å². The molecule has 0 aliphatic carbocycles. The van der Waals surface area contributed by atoms with Gasteiger partial charge in [-0.15, -0.1) is 0 Å². The predicted octanol–water partition coefficient (Wildman–Crippen LogP) is 1.42. The minimum atomic E-state index is -4.68. The number of aryl methyl sites for hydroxylation is 1. The van der Waals surface area contributed by atoms with Crippen molar-refractivity contribution >= 4 is 5.97 Å². The average molecular weight is 249 g/mol. The lowest BCUT2D eigenvalue weighted by Crippen LogP contribution is -2.24. The number of H-pyrrole nitrogens is 1. The van der Waals surface area contributed by atoms with Gasteiger partial charge in [0.05, 0.1) is 19.1 Å². The normalized spacial score (nSPS) is 11.4. The molecule has 0 aromatic carbocycles. The van der Waals surface area contributed by atoms with E-state index in [0.717, 1.165) is 13.2 Å². The number of aromatic nitrogens is 1. The topological polar surface area (TPSA) is 59.2 Å². The van der Waals surface area contributed by atoms with Crippen LogP contribution < -0.4 is 5.56 Å². The maximum Gasteiger partial charge on any atom is 0.416 e. The van der Waals surface area contributed by atoms with Gasteiger partial charge in [0.15, 0.2) is 0 Å². The number of rotatable bonds is 2. The number of esters is 1. The first-order chi connectivity index (χ1) is 7.75. The lowest BCUT2D eigenvalue weighted by atomic mass is 10.1. The molecule has 1 aromatic rings. The molecule has 0 aliphatic rings. The van der Waals surface area contributed by atoms with E-state index in [1.165, 1.54) is 6.92 Å². The van der Waals surface area contributed by atoms with Gasteiger partial charge in [0.2, 0.25) is 0 Å². The Labute approximate surface area is 94.4 Å². The molecule has 0 saturated carbocycles. The zero-order chi connectivity index (χ0) is 13.2. The molecule has 0 atom stereocenters. The van der Waals surface area contributed by atoms with Crippen molar-refractivity contribution in [3.8, 4) is 0 Å². The van der Waals surface area contributed by atoms with E-state index in [0.29, 0.717) is 0 Å². The smallest absolute Gasteiger partial charge is 0.416 e. The zero-order valence-electron chi connectivity index (χ0n) is 9.14. The van der Waals surface area contributed by atoms with E-state index in [-0.39, 0.29) is 5.69 Å². The van der Waals surface area contributed by atoms with E-state index >= 15 is 0 Å². The summed E-state index contributed by atoms with van der Waals surface area (Å²) in [5.41, 5.74) is -2.59. The Bertz CT molecular complexity index is 491. The van der Waals surface area contributed by atoms with Crippen LogP contribution in [0.3, 0.4) is 0 Å². The fourth-order valence-electron chi connectivity index (χ4n) is 1.36. The van der Waals surface area contributed by atoms with Crippen molar-refractivity contribution in [3.05, 3.63) is 33.2 Å². The predicted molar refractivity (Wildman–Crippen MR) is 52.5 cm³/mol. The largest absolute Gasteiger partial charge is 0.469 e. The van der Waals surface area contributed by atoms with Gasteiger partial charge in [0, 0.05) is 11.3 Å². The van der Waals surface area contributed by atoms with Crippen molar-refractivity contribution in [1.82, 2.24) is 4.98 Å². The highest BCUT2D eigenvalue weighted by Crippen LogP contribution is 2.31. The van der Waals surface area contributed by atoms with Crippen molar-refractivity contribution < 1.29 is 22.7 Å². The fraction of sp³-hybridized carbons (Fsp3) is 0.400. The highest BCUT2D eigenvalue weighted by molar-refractivity contribution is 5.72. The van der Waals surface area contributed by atoms with Crippen molar-refractivity contribution in [3.63, 3.8) is 0 Å². The molecule has 0 aliphatic heterocycles. The summed E-state index contributed by atoms with van der Waals surface area (Å²) in [6.45, 7) is 1.33. The Morgan fingerprint density at radius 1 is 1.47 bits per heavy atom. The molecule has 0 fully saturated rings. The molecule has 0 amide bonds. The molecular weight excluding hydrogens is 239 g/mol. The standard InChI is InChI=1S/C10H10F3NO3/c1-5-3-7(10(11,12)13)6(9(16)14-5)4-8(15)17-2/h3H,4H2,1-2H3,(H,14,16). The summed E-state index contributed by atoms with van der Waals surface area (Å²) in [5, 5.41) is 0. The number of alkyl halides is 3. The molecule has 1 heterocycles. The van der Waals surface area contributed by atoms with Crippen LogP contribution in [-0.4, -0.2) is 18.1 Å². The van der Waals surface area contributed by atoms with Crippen molar-refractivity contribution in [1.29, 1.82) is 0 Å². The van der Waals surface area contributed by atoms with Crippen LogP contribution >= 0.6 is 0 Å². The molecule has 1 aromatic heterocycles. The minimum absolute atomic E-state index is 0.0796. The Hall–Kier alpha value is -1.79. The van der Waals surface area contributed by atoms with Gasteiger partial charge in [-0.2, -0.15) is 13.2 Å². The van der Waals surface area contributed by atoms with Gasteiger partial charge in [-0.1, -0.05) is 0 Å². The van der Waals surface area contributed by atoms with Gasteiger partial charge in [-0.05, 0) is 13.0 Å². The molecule has 17 heavy (non-hydrogen) atoms. The quantitative estimate of drug-likeness (QED) is 0.806. The monoisotopic (exact) mass is 249 g/mol. The Morgan fingerprint density at radius 2 is 2.06 bits per heavy atom. The molecule has 0 bridgehead atoms. The summed E-state index contributed by atoms with van der Waals surface area (Å²) < 4.78 is 42.2. The first-order valence-electron chi connectivity index (χ1n) is 4.62. The van der Waals surface area contributed by atoms with Crippen molar-refractivity contribution in [2.24, 2.45) is 0 Å². The second-order valence-corrected chi connectivity index (χ2v) is 3.42. The number of aromatic amines is 1.